The number of amides is 1. The molecule has 162 valence electrons. The Hall–Kier alpha value is -3.63. The molecule has 0 unspecified atom stereocenters. The van der Waals surface area contributed by atoms with Crippen molar-refractivity contribution < 1.29 is 31.1 Å². The summed E-state index contributed by atoms with van der Waals surface area (Å²) >= 11 is 0. The van der Waals surface area contributed by atoms with Crippen LogP contribution in [0.2, 0.25) is 0 Å². The van der Waals surface area contributed by atoms with Gasteiger partial charge in [0.25, 0.3) is 5.91 Å². The fourth-order valence-corrected chi connectivity index (χ4v) is 2.85. The molecule has 3 aromatic rings. The van der Waals surface area contributed by atoms with E-state index in [0.29, 0.717) is 12.1 Å². The number of benzene rings is 1. The summed E-state index contributed by atoms with van der Waals surface area (Å²) in [6, 6.07) is 7.16. The number of aromatic nitrogens is 2. The lowest BCUT2D eigenvalue weighted by Crippen LogP contribution is -2.33. The van der Waals surface area contributed by atoms with Gasteiger partial charge in [-0.05, 0) is 35.9 Å². The first kappa shape index (κ1) is 22.1. The Balaban J connectivity index is 2.09. The molecule has 0 bridgehead atoms. The van der Waals surface area contributed by atoms with Crippen LogP contribution in [0, 0.1) is 0 Å². The highest BCUT2D eigenvalue weighted by Crippen LogP contribution is 2.36. The lowest BCUT2D eigenvalue weighted by atomic mass is 9.97. The van der Waals surface area contributed by atoms with Crippen molar-refractivity contribution >= 4 is 5.91 Å². The third kappa shape index (κ3) is 5.11. The molecule has 0 spiro atoms. The minimum atomic E-state index is -4.83. The molecule has 0 fully saturated rings. The highest BCUT2D eigenvalue weighted by molar-refractivity contribution is 5.92. The molecule has 3 rings (SSSR count). The van der Waals surface area contributed by atoms with E-state index in [1.54, 1.807) is 0 Å². The molecule has 2 aromatic heterocycles. The highest BCUT2D eigenvalue weighted by Gasteiger charge is 2.37. The van der Waals surface area contributed by atoms with Gasteiger partial charge >= 0.3 is 12.4 Å². The summed E-state index contributed by atoms with van der Waals surface area (Å²) in [5.41, 5.74) is -3.71. The Labute approximate surface area is 170 Å². The van der Waals surface area contributed by atoms with E-state index in [9.17, 15) is 35.9 Å². The van der Waals surface area contributed by atoms with Crippen LogP contribution in [0.25, 0.3) is 0 Å². The van der Waals surface area contributed by atoms with Crippen molar-refractivity contribution in [1.29, 1.82) is 0 Å². The minimum Gasteiger partial charge on any atom is -0.338 e. The van der Waals surface area contributed by atoms with Gasteiger partial charge in [0, 0.05) is 12.3 Å². The molecule has 0 saturated carbocycles. The lowest BCUT2D eigenvalue weighted by Gasteiger charge is -2.22. The molecule has 5 nitrogen and oxygen atoms in total. The standard InChI is InChI=1S/C20H13F6N3O2/c21-19(22,23)12-8-6-11(7-9-12)16(17-13(20(24,25)26)3-2-10-27-17)29-18(31)14-4-1-5-15(30)28-14/h1-10,16H,(H,28,30)(H,29,31)/t16-/m0/s1. The van der Waals surface area contributed by atoms with Gasteiger partial charge in [-0.15, -0.1) is 0 Å². The fraction of sp³-hybridized carbons (Fsp3) is 0.150. The molecule has 1 aromatic carbocycles. The number of aromatic amines is 1. The molecule has 31 heavy (non-hydrogen) atoms. The van der Waals surface area contributed by atoms with Crippen LogP contribution in [0.1, 0.15) is 38.9 Å². The summed E-state index contributed by atoms with van der Waals surface area (Å²) in [6.07, 6.45) is -8.42. The van der Waals surface area contributed by atoms with Crippen molar-refractivity contribution in [3.63, 3.8) is 0 Å². The maximum absolute atomic E-state index is 13.5. The number of rotatable bonds is 4. The molecule has 0 radical (unpaired) electrons. The molecule has 1 amide bonds. The average molecular weight is 441 g/mol. The van der Waals surface area contributed by atoms with Gasteiger partial charge in [0.15, 0.2) is 0 Å². The summed E-state index contributed by atoms with van der Waals surface area (Å²) in [4.78, 5) is 30.0. The molecule has 0 aliphatic carbocycles. The zero-order valence-corrected chi connectivity index (χ0v) is 15.4. The van der Waals surface area contributed by atoms with E-state index in [0.717, 1.165) is 36.5 Å². The molecule has 11 heteroatoms. The molecule has 0 saturated heterocycles. The third-order valence-electron chi connectivity index (χ3n) is 4.28. The monoisotopic (exact) mass is 441 g/mol. The largest absolute Gasteiger partial charge is 0.418 e. The van der Waals surface area contributed by atoms with Crippen molar-refractivity contribution in [2.45, 2.75) is 18.4 Å². The molecule has 2 heterocycles. The summed E-state index contributed by atoms with van der Waals surface area (Å²) in [7, 11) is 0. The predicted octanol–water partition coefficient (Wildman–Crippen LogP) is 4.33. The van der Waals surface area contributed by atoms with Crippen LogP contribution >= 0.6 is 0 Å². The van der Waals surface area contributed by atoms with E-state index in [2.05, 4.69) is 15.3 Å². The summed E-state index contributed by atoms with van der Waals surface area (Å²) < 4.78 is 79.1. The molecule has 0 aliphatic heterocycles. The van der Waals surface area contributed by atoms with Crippen molar-refractivity contribution in [1.82, 2.24) is 15.3 Å². The van der Waals surface area contributed by atoms with E-state index in [1.807, 2.05) is 0 Å². The predicted molar refractivity (Wildman–Crippen MR) is 97.1 cm³/mol. The highest BCUT2D eigenvalue weighted by atomic mass is 19.4. The van der Waals surface area contributed by atoms with Gasteiger partial charge in [0.2, 0.25) is 5.56 Å². The van der Waals surface area contributed by atoms with Crippen LogP contribution in [0.15, 0.2) is 65.6 Å². The molecule has 2 N–H and O–H groups in total. The third-order valence-corrected chi connectivity index (χ3v) is 4.28. The number of hydrogen-bond donors (Lipinski definition) is 2. The van der Waals surface area contributed by atoms with Gasteiger partial charge < -0.3 is 10.3 Å². The number of hydrogen-bond acceptors (Lipinski definition) is 3. The van der Waals surface area contributed by atoms with E-state index in [-0.39, 0.29) is 11.3 Å². The van der Waals surface area contributed by atoms with Crippen molar-refractivity contribution in [2.24, 2.45) is 0 Å². The van der Waals surface area contributed by atoms with E-state index in [1.165, 1.54) is 12.1 Å². The molecular formula is C20H13F6N3O2. The van der Waals surface area contributed by atoms with Gasteiger partial charge in [-0.3, -0.25) is 14.6 Å². The van der Waals surface area contributed by atoms with Gasteiger partial charge in [0.1, 0.15) is 5.69 Å². The molecular weight excluding hydrogens is 428 g/mol. The van der Waals surface area contributed by atoms with Crippen molar-refractivity contribution in [2.75, 3.05) is 0 Å². The Morgan fingerprint density at radius 1 is 0.903 bits per heavy atom. The van der Waals surface area contributed by atoms with Gasteiger partial charge in [0.05, 0.1) is 22.9 Å². The molecule has 0 aliphatic rings. The second kappa shape index (κ2) is 8.25. The van der Waals surface area contributed by atoms with Gasteiger partial charge in [-0.25, -0.2) is 0 Å². The normalized spacial score (nSPS) is 13.0. The maximum Gasteiger partial charge on any atom is 0.418 e. The zero-order chi connectivity index (χ0) is 22.8. The fourth-order valence-electron chi connectivity index (χ4n) is 2.85. The smallest absolute Gasteiger partial charge is 0.338 e. The quantitative estimate of drug-likeness (QED) is 0.592. The van der Waals surface area contributed by atoms with Crippen LogP contribution in [0.4, 0.5) is 26.3 Å². The first-order valence-corrected chi connectivity index (χ1v) is 8.66. The number of alkyl halides is 6. The van der Waals surface area contributed by atoms with E-state index < -0.39 is 46.7 Å². The van der Waals surface area contributed by atoms with Crippen molar-refractivity contribution in [3.05, 3.63) is 99.2 Å². The summed E-state index contributed by atoms with van der Waals surface area (Å²) in [5, 5.41) is 2.31. The second-order valence-electron chi connectivity index (χ2n) is 6.39. The van der Waals surface area contributed by atoms with Crippen LogP contribution < -0.4 is 10.9 Å². The van der Waals surface area contributed by atoms with E-state index >= 15 is 0 Å². The van der Waals surface area contributed by atoms with Crippen molar-refractivity contribution in [3.8, 4) is 0 Å². The topological polar surface area (TPSA) is 74.8 Å². The second-order valence-corrected chi connectivity index (χ2v) is 6.39. The Kier molecular flexibility index (Phi) is 5.87. The van der Waals surface area contributed by atoms with E-state index in [4.69, 9.17) is 0 Å². The number of nitrogens with zero attached hydrogens (tertiary/aromatic N) is 1. The lowest BCUT2D eigenvalue weighted by molar-refractivity contribution is -0.139. The van der Waals surface area contributed by atoms with Crippen LogP contribution in [0.3, 0.4) is 0 Å². The maximum atomic E-state index is 13.5. The number of carbonyl (C=O) groups is 1. The zero-order valence-electron chi connectivity index (χ0n) is 15.4. The van der Waals surface area contributed by atoms with Crippen LogP contribution in [0.5, 0.6) is 0 Å². The van der Waals surface area contributed by atoms with Gasteiger partial charge in [-0.1, -0.05) is 18.2 Å². The number of nitrogens with one attached hydrogen (secondary N) is 2. The SMILES string of the molecule is O=C(N[C@@H](c1ccc(C(F)(F)F)cc1)c1ncccc1C(F)(F)F)c1cccc(=O)[nH]1. The number of halogens is 6. The first-order chi connectivity index (χ1) is 14.5. The number of carbonyl (C=O) groups excluding carboxylic acids is 1. The molecule has 1 atom stereocenters. The van der Waals surface area contributed by atoms with Crippen LogP contribution in [-0.2, 0) is 12.4 Å². The Morgan fingerprint density at radius 2 is 1.58 bits per heavy atom. The summed E-state index contributed by atoms with van der Waals surface area (Å²) in [5.74, 6) is -0.943. The number of H-pyrrole nitrogens is 1. The van der Waals surface area contributed by atoms with Gasteiger partial charge in [-0.2, -0.15) is 26.3 Å². The summed E-state index contributed by atoms with van der Waals surface area (Å²) in [6.45, 7) is 0. The average Bonchev–Trinajstić information content (AvgIpc) is 2.71. The Bertz CT molecular complexity index is 1140. The van der Waals surface area contributed by atoms with Crippen LogP contribution in [-0.4, -0.2) is 15.9 Å². The minimum absolute atomic E-state index is 0.0659. The first-order valence-electron chi connectivity index (χ1n) is 8.66. The Morgan fingerprint density at radius 3 is 2.16 bits per heavy atom. The number of pyridine rings is 2.